The summed E-state index contributed by atoms with van der Waals surface area (Å²) in [4.78, 5) is 14.5. The molecule has 1 aromatic carbocycles. The van der Waals surface area contributed by atoms with Crippen molar-refractivity contribution < 1.29 is 14.3 Å². The molecule has 0 saturated heterocycles. The molecule has 1 aliphatic carbocycles. The molecule has 5 heteroatoms. The Balaban J connectivity index is 1.75. The molecule has 1 amide bonds. The Morgan fingerprint density at radius 1 is 1.27 bits per heavy atom. The van der Waals surface area contributed by atoms with Gasteiger partial charge in [-0.05, 0) is 36.5 Å². The third-order valence-corrected chi connectivity index (χ3v) is 4.23. The molecule has 22 heavy (non-hydrogen) atoms. The Morgan fingerprint density at radius 2 is 1.95 bits per heavy atom. The van der Waals surface area contributed by atoms with E-state index in [1.807, 2.05) is 36.9 Å². The van der Waals surface area contributed by atoms with E-state index in [9.17, 15) is 4.79 Å². The lowest BCUT2D eigenvalue weighted by Gasteiger charge is -2.28. The van der Waals surface area contributed by atoms with E-state index in [0.717, 1.165) is 29.9 Å². The van der Waals surface area contributed by atoms with Crippen molar-refractivity contribution in [2.45, 2.75) is 45.3 Å². The minimum Gasteiger partial charge on any atom is -0.486 e. The van der Waals surface area contributed by atoms with E-state index in [2.05, 4.69) is 0 Å². The highest BCUT2D eigenvalue weighted by molar-refractivity contribution is 5.82. The minimum atomic E-state index is -0.433. The maximum absolute atomic E-state index is 12.6. The second kappa shape index (κ2) is 6.16. The summed E-state index contributed by atoms with van der Waals surface area (Å²) in [5, 5.41) is 0. The Kier molecular flexibility index (Phi) is 4.25. The van der Waals surface area contributed by atoms with Gasteiger partial charge in [-0.2, -0.15) is 0 Å². The summed E-state index contributed by atoms with van der Waals surface area (Å²) < 4.78 is 11.1. The van der Waals surface area contributed by atoms with Crippen LogP contribution in [0.15, 0.2) is 18.2 Å². The first-order valence-electron chi connectivity index (χ1n) is 8.01. The number of carbonyl (C=O) groups excluding carboxylic acids is 1. The van der Waals surface area contributed by atoms with E-state index < -0.39 is 6.04 Å². The molecular weight excluding hydrogens is 280 g/mol. The lowest BCUT2D eigenvalue weighted by molar-refractivity contribution is -0.134. The molecule has 1 atom stereocenters. The van der Waals surface area contributed by atoms with Gasteiger partial charge in [-0.1, -0.05) is 19.9 Å². The molecule has 0 spiro atoms. The van der Waals surface area contributed by atoms with Gasteiger partial charge in [0.25, 0.3) is 0 Å². The topological polar surface area (TPSA) is 64.8 Å². The van der Waals surface area contributed by atoms with E-state index in [1.54, 1.807) is 0 Å². The number of hydrogen-bond donors (Lipinski definition) is 1. The molecule has 1 aliphatic heterocycles. The number of amides is 1. The van der Waals surface area contributed by atoms with Crippen LogP contribution in [0.4, 0.5) is 0 Å². The molecule has 5 nitrogen and oxygen atoms in total. The van der Waals surface area contributed by atoms with Crippen LogP contribution in [0.3, 0.4) is 0 Å². The molecule has 1 heterocycles. The average molecular weight is 304 g/mol. The Morgan fingerprint density at radius 3 is 2.59 bits per heavy atom. The summed E-state index contributed by atoms with van der Waals surface area (Å²) in [7, 11) is 0. The molecule has 0 radical (unpaired) electrons. The fourth-order valence-electron chi connectivity index (χ4n) is 2.63. The van der Waals surface area contributed by atoms with Crippen LogP contribution in [0.2, 0.25) is 0 Å². The molecule has 0 bridgehead atoms. The molecule has 1 saturated carbocycles. The fourth-order valence-corrected chi connectivity index (χ4v) is 2.63. The van der Waals surface area contributed by atoms with Gasteiger partial charge in [-0.3, -0.25) is 4.79 Å². The van der Waals surface area contributed by atoms with Crippen molar-refractivity contribution in [3.05, 3.63) is 23.8 Å². The van der Waals surface area contributed by atoms with Crippen LogP contribution in [0.5, 0.6) is 11.5 Å². The Labute approximate surface area is 131 Å². The van der Waals surface area contributed by atoms with Crippen molar-refractivity contribution in [2.24, 2.45) is 11.7 Å². The standard InChI is InChI=1S/C17H24N2O3/c1-11(2)16(18)17(20)19(13-4-5-13)10-12-3-6-14-15(9-12)22-8-7-21-14/h3,6,9,11,13,16H,4-5,7-8,10,18H2,1-2H3/t16-/m0/s1. The van der Waals surface area contributed by atoms with Crippen LogP contribution >= 0.6 is 0 Å². The van der Waals surface area contributed by atoms with Crippen LogP contribution in [0.25, 0.3) is 0 Å². The molecule has 2 N–H and O–H groups in total. The van der Waals surface area contributed by atoms with Gasteiger partial charge in [-0.15, -0.1) is 0 Å². The summed E-state index contributed by atoms with van der Waals surface area (Å²) in [6.45, 7) is 5.71. The number of fused-ring (bicyclic) bond motifs is 1. The normalized spacial score (nSPS) is 18.2. The largest absolute Gasteiger partial charge is 0.486 e. The highest BCUT2D eigenvalue weighted by Crippen LogP contribution is 2.33. The summed E-state index contributed by atoms with van der Waals surface area (Å²) in [6, 6.07) is 5.79. The molecule has 1 fully saturated rings. The number of nitrogens with two attached hydrogens (primary N) is 1. The van der Waals surface area contributed by atoms with Crippen LogP contribution in [0.1, 0.15) is 32.3 Å². The second-order valence-electron chi connectivity index (χ2n) is 6.45. The number of hydrogen-bond acceptors (Lipinski definition) is 4. The van der Waals surface area contributed by atoms with Crippen LogP contribution < -0.4 is 15.2 Å². The van der Waals surface area contributed by atoms with E-state index in [-0.39, 0.29) is 11.8 Å². The summed E-state index contributed by atoms with van der Waals surface area (Å²) in [6.07, 6.45) is 2.14. The van der Waals surface area contributed by atoms with Gasteiger partial charge in [-0.25, -0.2) is 0 Å². The average Bonchev–Trinajstić information content (AvgIpc) is 3.35. The first-order chi connectivity index (χ1) is 10.6. The van der Waals surface area contributed by atoms with Gasteiger partial charge in [0, 0.05) is 12.6 Å². The molecule has 0 aromatic heterocycles. The summed E-state index contributed by atoms with van der Waals surface area (Å²) in [5.41, 5.74) is 7.11. The quantitative estimate of drug-likeness (QED) is 0.903. The third kappa shape index (κ3) is 3.19. The minimum absolute atomic E-state index is 0.0485. The van der Waals surface area contributed by atoms with Crippen molar-refractivity contribution >= 4 is 5.91 Å². The maximum atomic E-state index is 12.6. The van der Waals surface area contributed by atoms with Gasteiger partial charge in [0.2, 0.25) is 5.91 Å². The first kappa shape index (κ1) is 15.2. The van der Waals surface area contributed by atoms with Gasteiger partial charge >= 0.3 is 0 Å². The van der Waals surface area contributed by atoms with Crippen molar-refractivity contribution in [1.29, 1.82) is 0 Å². The molecule has 2 aliphatic rings. The SMILES string of the molecule is CC(C)[C@H](N)C(=O)N(Cc1ccc2c(c1)OCCO2)C1CC1. The molecular formula is C17H24N2O3. The van der Waals surface area contributed by atoms with Crippen molar-refractivity contribution in [1.82, 2.24) is 4.90 Å². The summed E-state index contributed by atoms with van der Waals surface area (Å²) in [5.74, 6) is 1.74. The monoisotopic (exact) mass is 304 g/mol. The van der Waals surface area contributed by atoms with Crippen LogP contribution in [-0.4, -0.2) is 36.1 Å². The lowest BCUT2D eigenvalue weighted by atomic mass is 10.0. The summed E-state index contributed by atoms with van der Waals surface area (Å²) >= 11 is 0. The number of ether oxygens (including phenoxy) is 2. The number of carbonyl (C=O) groups is 1. The highest BCUT2D eigenvalue weighted by atomic mass is 16.6. The molecule has 1 aromatic rings. The third-order valence-electron chi connectivity index (χ3n) is 4.23. The van der Waals surface area contributed by atoms with Crippen molar-refractivity contribution in [3.63, 3.8) is 0 Å². The Hall–Kier alpha value is -1.75. The Bertz CT molecular complexity index is 555. The highest BCUT2D eigenvalue weighted by Gasteiger charge is 2.35. The molecule has 120 valence electrons. The van der Waals surface area contributed by atoms with Crippen molar-refractivity contribution in [3.8, 4) is 11.5 Å². The second-order valence-corrected chi connectivity index (χ2v) is 6.45. The number of rotatable bonds is 5. The van der Waals surface area contributed by atoms with E-state index in [0.29, 0.717) is 25.8 Å². The zero-order chi connectivity index (χ0) is 15.7. The zero-order valence-electron chi connectivity index (χ0n) is 13.2. The molecule has 3 rings (SSSR count). The van der Waals surface area contributed by atoms with Gasteiger partial charge in [0.15, 0.2) is 11.5 Å². The number of nitrogens with zero attached hydrogens (tertiary/aromatic N) is 1. The van der Waals surface area contributed by atoms with Gasteiger partial charge < -0.3 is 20.1 Å². The molecule has 0 unspecified atom stereocenters. The maximum Gasteiger partial charge on any atom is 0.240 e. The predicted octanol–water partition coefficient (Wildman–Crippen LogP) is 1.93. The van der Waals surface area contributed by atoms with E-state index in [4.69, 9.17) is 15.2 Å². The van der Waals surface area contributed by atoms with Gasteiger partial charge in [0.05, 0.1) is 6.04 Å². The van der Waals surface area contributed by atoms with E-state index >= 15 is 0 Å². The van der Waals surface area contributed by atoms with Gasteiger partial charge in [0.1, 0.15) is 13.2 Å². The smallest absolute Gasteiger partial charge is 0.240 e. The van der Waals surface area contributed by atoms with E-state index in [1.165, 1.54) is 0 Å². The lowest BCUT2D eigenvalue weighted by Crippen LogP contribution is -2.47. The van der Waals surface area contributed by atoms with Crippen molar-refractivity contribution in [2.75, 3.05) is 13.2 Å². The zero-order valence-corrected chi connectivity index (χ0v) is 13.2. The predicted molar refractivity (Wildman–Crippen MR) is 83.8 cm³/mol. The van der Waals surface area contributed by atoms with Crippen LogP contribution in [-0.2, 0) is 11.3 Å². The fraction of sp³-hybridized carbons (Fsp3) is 0.588. The first-order valence-corrected chi connectivity index (χ1v) is 8.01. The number of benzene rings is 1. The van der Waals surface area contributed by atoms with Crippen LogP contribution in [0, 0.1) is 5.92 Å².